The van der Waals surface area contributed by atoms with Crippen LogP contribution in [0.3, 0.4) is 0 Å². The third-order valence-electron chi connectivity index (χ3n) is 1.63. The van der Waals surface area contributed by atoms with Gasteiger partial charge in [-0.2, -0.15) is 0 Å². The van der Waals surface area contributed by atoms with Gasteiger partial charge in [0.2, 0.25) is 0 Å². The largest absolute Gasteiger partial charge is 0.461 e. The van der Waals surface area contributed by atoms with Gasteiger partial charge in [0, 0.05) is 6.54 Å². The first-order chi connectivity index (χ1) is 6.19. The SMILES string of the molecule is CCn1c(CN)nnc1OC(C)C. The highest BCUT2D eigenvalue weighted by atomic mass is 16.5. The summed E-state index contributed by atoms with van der Waals surface area (Å²) >= 11 is 0. The van der Waals surface area contributed by atoms with Crippen molar-refractivity contribution in [3.8, 4) is 6.01 Å². The quantitative estimate of drug-likeness (QED) is 0.741. The van der Waals surface area contributed by atoms with Crippen molar-refractivity contribution in [2.24, 2.45) is 5.73 Å². The lowest BCUT2D eigenvalue weighted by Gasteiger charge is -2.09. The van der Waals surface area contributed by atoms with E-state index in [0.717, 1.165) is 12.4 Å². The van der Waals surface area contributed by atoms with Crippen molar-refractivity contribution in [1.82, 2.24) is 14.8 Å². The fourth-order valence-electron chi connectivity index (χ4n) is 1.09. The normalized spacial score (nSPS) is 10.8. The number of hydrogen-bond donors (Lipinski definition) is 1. The molecule has 0 aliphatic rings. The average molecular weight is 184 g/mol. The van der Waals surface area contributed by atoms with Crippen LogP contribution in [-0.2, 0) is 13.1 Å². The van der Waals surface area contributed by atoms with E-state index in [1.54, 1.807) is 0 Å². The molecule has 0 fully saturated rings. The molecule has 0 amide bonds. The van der Waals surface area contributed by atoms with E-state index in [9.17, 15) is 0 Å². The molecular weight excluding hydrogens is 168 g/mol. The van der Waals surface area contributed by atoms with Gasteiger partial charge in [-0.3, -0.25) is 4.57 Å². The third-order valence-corrected chi connectivity index (χ3v) is 1.63. The zero-order valence-corrected chi connectivity index (χ0v) is 8.32. The van der Waals surface area contributed by atoms with Gasteiger partial charge in [0.1, 0.15) is 5.82 Å². The molecule has 0 radical (unpaired) electrons. The van der Waals surface area contributed by atoms with Crippen LogP contribution in [0.2, 0.25) is 0 Å². The van der Waals surface area contributed by atoms with Crippen LogP contribution < -0.4 is 10.5 Å². The molecule has 1 aromatic rings. The van der Waals surface area contributed by atoms with Crippen LogP contribution in [0.15, 0.2) is 0 Å². The zero-order valence-electron chi connectivity index (χ0n) is 8.32. The lowest BCUT2D eigenvalue weighted by Crippen LogP contribution is -2.13. The molecule has 0 saturated carbocycles. The van der Waals surface area contributed by atoms with E-state index in [4.69, 9.17) is 10.5 Å². The Hall–Kier alpha value is -1.10. The Kier molecular flexibility index (Phi) is 3.25. The minimum atomic E-state index is 0.111. The number of aromatic nitrogens is 3. The first-order valence-corrected chi connectivity index (χ1v) is 4.47. The summed E-state index contributed by atoms with van der Waals surface area (Å²) in [4.78, 5) is 0. The Balaban J connectivity index is 2.87. The molecule has 0 bridgehead atoms. The molecule has 0 aliphatic heterocycles. The maximum Gasteiger partial charge on any atom is 0.317 e. The molecule has 0 atom stereocenters. The molecule has 0 aromatic carbocycles. The number of rotatable bonds is 4. The molecule has 5 nitrogen and oxygen atoms in total. The zero-order chi connectivity index (χ0) is 9.84. The number of hydrogen-bond acceptors (Lipinski definition) is 4. The highest BCUT2D eigenvalue weighted by Crippen LogP contribution is 2.11. The second-order valence-electron chi connectivity index (χ2n) is 3.01. The van der Waals surface area contributed by atoms with Crippen molar-refractivity contribution in [2.75, 3.05) is 0 Å². The minimum Gasteiger partial charge on any atom is -0.461 e. The highest BCUT2D eigenvalue weighted by molar-refractivity contribution is 5.00. The van der Waals surface area contributed by atoms with Crippen molar-refractivity contribution >= 4 is 0 Å². The molecule has 0 unspecified atom stereocenters. The summed E-state index contributed by atoms with van der Waals surface area (Å²) in [6.45, 7) is 7.09. The minimum absolute atomic E-state index is 0.111. The van der Waals surface area contributed by atoms with E-state index >= 15 is 0 Å². The van der Waals surface area contributed by atoms with Gasteiger partial charge in [-0.25, -0.2) is 0 Å². The van der Waals surface area contributed by atoms with Crippen molar-refractivity contribution in [3.63, 3.8) is 0 Å². The van der Waals surface area contributed by atoms with E-state index in [-0.39, 0.29) is 6.10 Å². The van der Waals surface area contributed by atoms with Gasteiger partial charge < -0.3 is 10.5 Å². The van der Waals surface area contributed by atoms with Crippen LogP contribution in [-0.4, -0.2) is 20.9 Å². The topological polar surface area (TPSA) is 66.0 Å². The van der Waals surface area contributed by atoms with Gasteiger partial charge in [-0.05, 0) is 20.8 Å². The Morgan fingerprint density at radius 1 is 1.46 bits per heavy atom. The average Bonchev–Trinajstić information content (AvgIpc) is 2.45. The molecule has 0 spiro atoms. The van der Waals surface area contributed by atoms with Gasteiger partial charge in [0.05, 0.1) is 12.6 Å². The van der Waals surface area contributed by atoms with E-state index in [1.807, 2.05) is 25.3 Å². The fraction of sp³-hybridized carbons (Fsp3) is 0.750. The standard InChI is InChI=1S/C8H16N4O/c1-4-12-7(5-9)10-11-8(12)13-6(2)3/h6H,4-5,9H2,1-3H3. The van der Waals surface area contributed by atoms with Crippen LogP contribution in [0.25, 0.3) is 0 Å². The Labute approximate surface area is 77.9 Å². The lowest BCUT2D eigenvalue weighted by atomic mass is 10.5. The Morgan fingerprint density at radius 3 is 2.62 bits per heavy atom. The second kappa shape index (κ2) is 4.23. The van der Waals surface area contributed by atoms with Crippen LogP contribution in [0.5, 0.6) is 6.01 Å². The molecule has 5 heteroatoms. The highest BCUT2D eigenvalue weighted by Gasteiger charge is 2.10. The lowest BCUT2D eigenvalue weighted by molar-refractivity contribution is 0.211. The summed E-state index contributed by atoms with van der Waals surface area (Å²) in [7, 11) is 0. The molecule has 0 aliphatic carbocycles. The molecule has 1 rings (SSSR count). The van der Waals surface area contributed by atoms with E-state index in [2.05, 4.69) is 10.2 Å². The van der Waals surface area contributed by atoms with Crippen LogP contribution in [0.1, 0.15) is 26.6 Å². The van der Waals surface area contributed by atoms with Gasteiger partial charge in [-0.1, -0.05) is 5.10 Å². The summed E-state index contributed by atoms with van der Waals surface area (Å²) in [5, 5.41) is 7.83. The molecule has 1 heterocycles. The van der Waals surface area contributed by atoms with Gasteiger partial charge in [-0.15, -0.1) is 5.10 Å². The van der Waals surface area contributed by atoms with E-state index in [0.29, 0.717) is 12.6 Å². The summed E-state index contributed by atoms with van der Waals surface area (Å²) in [6, 6.07) is 0.554. The van der Waals surface area contributed by atoms with Crippen LogP contribution in [0, 0.1) is 0 Å². The summed E-state index contributed by atoms with van der Waals surface area (Å²) in [6.07, 6.45) is 0.111. The second-order valence-corrected chi connectivity index (χ2v) is 3.01. The predicted molar refractivity (Wildman–Crippen MR) is 49.4 cm³/mol. The summed E-state index contributed by atoms with van der Waals surface area (Å²) in [5.74, 6) is 0.762. The maximum absolute atomic E-state index is 5.49. The molecule has 74 valence electrons. The molecule has 1 aromatic heterocycles. The van der Waals surface area contributed by atoms with Gasteiger partial charge >= 0.3 is 6.01 Å². The maximum atomic E-state index is 5.49. The molecule has 2 N–H and O–H groups in total. The smallest absolute Gasteiger partial charge is 0.317 e. The van der Waals surface area contributed by atoms with Gasteiger partial charge in [0.25, 0.3) is 0 Å². The predicted octanol–water partition coefficient (Wildman–Crippen LogP) is 0.544. The number of nitrogens with two attached hydrogens (primary N) is 1. The Bertz CT molecular complexity index is 269. The summed E-state index contributed by atoms with van der Waals surface area (Å²) in [5.41, 5.74) is 5.49. The van der Waals surface area contributed by atoms with Crippen LogP contribution >= 0.6 is 0 Å². The van der Waals surface area contributed by atoms with Crippen molar-refractivity contribution in [2.45, 2.75) is 40.0 Å². The number of ether oxygens (including phenoxy) is 1. The summed E-state index contributed by atoms with van der Waals surface area (Å²) < 4.78 is 7.33. The fourth-order valence-corrected chi connectivity index (χ4v) is 1.09. The number of nitrogens with zero attached hydrogens (tertiary/aromatic N) is 3. The van der Waals surface area contributed by atoms with E-state index in [1.165, 1.54) is 0 Å². The third kappa shape index (κ3) is 2.18. The molecular formula is C8H16N4O. The van der Waals surface area contributed by atoms with Crippen molar-refractivity contribution in [1.29, 1.82) is 0 Å². The first kappa shape index (κ1) is 9.98. The van der Waals surface area contributed by atoms with E-state index < -0.39 is 0 Å². The Morgan fingerprint density at radius 2 is 2.15 bits per heavy atom. The van der Waals surface area contributed by atoms with Crippen molar-refractivity contribution in [3.05, 3.63) is 5.82 Å². The van der Waals surface area contributed by atoms with Gasteiger partial charge in [0.15, 0.2) is 0 Å². The monoisotopic (exact) mass is 184 g/mol. The molecule has 0 saturated heterocycles. The first-order valence-electron chi connectivity index (χ1n) is 4.47. The van der Waals surface area contributed by atoms with Crippen LogP contribution in [0.4, 0.5) is 0 Å². The van der Waals surface area contributed by atoms with Crippen molar-refractivity contribution < 1.29 is 4.74 Å². The molecule has 13 heavy (non-hydrogen) atoms.